The summed E-state index contributed by atoms with van der Waals surface area (Å²) in [6.45, 7) is 4.66. The molecule has 65 valence electrons. The van der Waals surface area contributed by atoms with E-state index in [9.17, 15) is 0 Å². The monoisotopic (exact) mass is 153 g/mol. The highest BCUT2D eigenvalue weighted by Crippen LogP contribution is 2.33. The molecule has 1 rings (SSSR count). The summed E-state index contributed by atoms with van der Waals surface area (Å²) in [7, 11) is 0. The van der Waals surface area contributed by atoms with E-state index < -0.39 is 0 Å². The fourth-order valence-corrected chi connectivity index (χ4v) is 2.15. The molecular formula is C11H21. The highest BCUT2D eigenvalue weighted by molar-refractivity contribution is 4.76. The van der Waals surface area contributed by atoms with Gasteiger partial charge in [-0.25, -0.2) is 0 Å². The van der Waals surface area contributed by atoms with Gasteiger partial charge in [-0.15, -0.1) is 0 Å². The quantitative estimate of drug-likeness (QED) is 0.576. The molecule has 0 saturated heterocycles. The predicted octanol–water partition coefficient (Wildman–Crippen LogP) is 3.82. The molecule has 1 aliphatic carbocycles. The Morgan fingerprint density at radius 2 is 2.00 bits per heavy atom. The van der Waals surface area contributed by atoms with Crippen LogP contribution in [0.5, 0.6) is 0 Å². The van der Waals surface area contributed by atoms with Crippen LogP contribution < -0.4 is 0 Å². The van der Waals surface area contributed by atoms with E-state index in [-0.39, 0.29) is 0 Å². The molecule has 0 heterocycles. The van der Waals surface area contributed by atoms with Gasteiger partial charge in [-0.05, 0) is 24.7 Å². The molecule has 1 unspecified atom stereocenters. The number of rotatable bonds is 4. The fourth-order valence-electron chi connectivity index (χ4n) is 2.15. The van der Waals surface area contributed by atoms with Crippen LogP contribution in [0.15, 0.2) is 0 Å². The maximum atomic E-state index is 2.43. The van der Waals surface area contributed by atoms with E-state index >= 15 is 0 Å². The minimum Gasteiger partial charge on any atom is -0.0651 e. The van der Waals surface area contributed by atoms with Gasteiger partial charge in [0.1, 0.15) is 0 Å². The first kappa shape index (κ1) is 9.09. The standard InChI is InChI=1S/C11H21/c1-3-4-7-10(2)11-8-5-6-9-11/h4,10-11H,3,5-9H2,1-2H3. The number of hydrogen-bond donors (Lipinski definition) is 0. The van der Waals surface area contributed by atoms with Crippen molar-refractivity contribution >= 4 is 0 Å². The third-order valence-electron chi connectivity index (χ3n) is 3.03. The predicted molar refractivity (Wildman–Crippen MR) is 50.3 cm³/mol. The first-order valence-electron chi connectivity index (χ1n) is 5.16. The molecule has 11 heavy (non-hydrogen) atoms. The third kappa shape index (κ3) is 2.84. The Hall–Kier alpha value is 0. The second-order valence-corrected chi connectivity index (χ2v) is 3.95. The molecule has 0 N–H and O–H groups in total. The molecule has 0 aliphatic heterocycles. The molecule has 0 spiro atoms. The molecule has 1 radical (unpaired) electrons. The van der Waals surface area contributed by atoms with Crippen LogP contribution in [0.4, 0.5) is 0 Å². The van der Waals surface area contributed by atoms with Gasteiger partial charge in [0, 0.05) is 0 Å². The van der Waals surface area contributed by atoms with Gasteiger partial charge in [0.05, 0.1) is 0 Å². The molecule has 0 nitrogen and oxygen atoms in total. The second-order valence-electron chi connectivity index (χ2n) is 3.95. The van der Waals surface area contributed by atoms with Crippen LogP contribution in [0.3, 0.4) is 0 Å². The fraction of sp³-hybridized carbons (Fsp3) is 0.909. The Kier molecular flexibility index (Phi) is 3.96. The number of unbranched alkanes of at least 4 members (excludes halogenated alkanes) is 1. The zero-order valence-electron chi connectivity index (χ0n) is 7.97. The molecule has 1 saturated carbocycles. The zero-order valence-corrected chi connectivity index (χ0v) is 7.97. The number of hydrogen-bond acceptors (Lipinski definition) is 0. The molecule has 0 amide bonds. The molecule has 0 aromatic carbocycles. The van der Waals surface area contributed by atoms with E-state index in [1.165, 1.54) is 38.5 Å². The third-order valence-corrected chi connectivity index (χ3v) is 3.03. The van der Waals surface area contributed by atoms with Gasteiger partial charge in [0.15, 0.2) is 0 Å². The average molecular weight is 153 g/mol. The van der Waals surface area contributed by atoms with Gasteiger partial charge in [0.25, 0.3) is 0 Å². The Morgan fingerprint density at radius 1 is 1.36 bits per heavy atom. The molecule has 1 fully saturated rings. The van der Waals surface area contributed by atoms with Crippen LogP contribution in [-0.4, -0.2) is 0 Å². The lowest BCUT2D eigenvalue weighted by molar-refractivity contribution is 0.360. The average Bonchev–Trinajstić information content (AvgIpc) is 2.52. The van der Waals surface area contributed by atoms with Gasteiger partial charge in [0.2, 0.25) is 0 Å². The van der Waals surface area contributed by atoms with Crippen molar-refractivity contribution in [3.8, 4) is 0 Å². The van der Waals surface area contributed by atoms with Crippen molar-refractivity contribution < 1.29 is 0 Å². The Bertz CT molecular complexity index is 90.2. The zero-order chi connectivity index (χ0) is 8.10. The topological polar surface area (TPSA) is 0 Å². The van der Waals surface area contributed by atoms with Crippen LogP contribution in [0, 0.1) is 18.3 Å². The summed E-state index contributed by atoms with van der Waals surface area (Å²) in [6.07, 6.45) is 11.0. The smallest absolute Gasteiger partial charge is 0.0386 e. The highest BCUT2D eigenvalue weighted by Gasteiger charge is 2.20. The van der Waals surface area contributed by atoms with Gasteiger partial charge in [-0.1, -0.05) is 46.0 Å². The van der Waals surface area contributed by atoms with E-state index in [1.54, 1.807) is 0 Å². The lowest BCUT2D eigenvalue weighted by atomic mass is 9.88. The summed E-state index contributed by atoms with van der Waals surface area (Å²) in [5.74, 6) is 2.01. The molecule has 0 aromatic heterocycles. The second kappa shape index (κ2) is 4.79. The van der Waals surface area contributed by atoms with Gasteiger partial charge >= 0.3 is 0 Å². The Balaban J connectivity index is 2.12. The van der Waals surface area contributed by atoms with Crippen molar-refractivity contribution in [3.63, 3.8) is 0 Å². The van der Waals surface area contributed by atoms with Crippen molar-refractivity contribution in [3.05, 3.63) is 6.42 Å². The SMILES string of the molecule is CC[CH]CC(C)C1CCCC1. The summed E-state index contributed by atoms with van der Waals surface area (Å²) >= 11 is 0. The van der Waals surface area contributed by atoms with Gasteiger partial charge < -0.3 is 0 Å². The summed E-state index contributed by atoms with van der Waals surface area (Å²) in [4.78, 5) is 0. The van der Waals surface area contributed by atoms with Crippen LogP contribution >= 0.6 is 0 Å². The van der Waals surface area contributed by atoms with E-state index in [2.05, 4.69) is 20.3 Å². The first-order chi connectivity index (χ1) is 5.34. The molecular weight excluding hydrogens is 132 g/mol. The van der Waals surface area contributed by atoms with Crippen molar-refractivity contribution in [1.82, 2.24) is 0 Å². The summed E-state index contributed by atoms with van der Waals surface area (Å²) in [5, 5.41) is 0. The van der Waals surface area contributed by atoms with Crippen molar-refractivity contribution in [2.45, 2.75) is 52.4 Å². The Labute approximate surface area is 71.4 Å². The summed E-state index contributed by atoms with van der Waals surface area (Å²) in [5.41, 5.74) is 0. The van der Waals surface area contributed by atoms with Crippen molar-refractivity contribution in [1.29, 1.82) is 0 Å². The van der Waals surface area contributed by atoms with Crippen molar-refractivity contribution in [2.75, 3.05) is 0 Å². The van der Waals surface area contributed by atoms with Crippen LogP contribution in [0.2, 0.25) is 0 Å². The molecule has 1 atom stereocenters. The highest BCUT2D eigenvalue weighted by atomic mass is 14.3. The molecule has 0 heteroatoms. The van der Waals surface area contributed by atoms with E-state index in [0.29, 0.717) is 0 Å². The van der Waals surface area contributed by atoms with E-state index in [4.69, 9.17) is 0 Å². The molecule has 1 aliphatic rings. The van der Waals surface area contributed by atoms with E-state index in [1.807, 2.05) is 0 Å². The minimum absolute atomic E-state index is 0.956. The first-order valence-corrected chi connectivity index (χ1v) is 5.16. The molecule has 0 bridgehead atoms. The lowest BCUT2D eigenvalue weighted by Gasteiger charge is -2.17. The maximum Gasteiger partial charge on any atom is -0.0386 e. The van der Waals surface area contributed by atoms with E-state index in [0.717, 1.165) is 11.8 Å². The van der Waals surface area contributed by atoms with Crippen LogP contribution in [0.1, 0.15) is 52.4 Å². The Morgan fingerprint density at radius 3 is 2.55 bits per heavy atom. The normalized spacial score (nSPS) is 22.4. The lowest BCUT2D eigenvalue weighted by Crippen LogP contribution is -2.07. The van der Waals surface area contributed by atoms with Gasteiger partial charge in [-0.2, -0.15) is 0 Å². The van der Waals surface area contributed by atoms with Crippen LogP contribution in [-0.2, 0) is 0 Å². The van der Waals surface area contributed by atoms with Gasteiger partial charge in [-0.3, -0.25) is 0 Å². The largest absolute Gasteiger partial charge is 0.0651 e. The minimum atomic E-state index is 0.956. The summed E-state index contributed by atoms with van der Waals surface area (Å²) in [6, 6.07) is 0. The maximum absolute atomic E-state index is 2.43. The van der Waals surface area contributed by atoms with Crippen LogP contribution in [0.25, 0.3) is 0 Å². The molecule has 0 aromatic rings. The summed E-state index contributed by atoms with van der Waals surface area (Å²) < 4.78 is 0. The van der Waals surface area contributed by atoms with Crippen molar-refractivity contribution in [2.24, 2.45) is 11.8 Å².